The fraction of sp³-hybridized carbons (Fsp3) is 0.636. The highest BCUT2D eigenvalue weighted by molar-refractivity contribution is 7.10. The summed E-state index contributed by atoms with van der Waals surface area (Å²) in [5.74, 6) is 0.868. The third-order valence-corrected chi connectivity index (χ3v) is 4.02. The van der Waals surface area contributed by atoms with Crippen molar-refractivity contribution in [2.45, 2.75) is 31.8 Å². The van der Waals surface area contributed by atoms with Gasteiger partial charge in [0.1, 0.15) is 16.6 Å². The van der Waals surface area contributed by atoms with Gasteiger partial charge in [-0.3, -0.25) is 0 Å². The van der Waals surface area contributed by atoms with Gasteiger partial charge >= 0.3 is 0 Å². The predicted octanol–water partition coefficient (Wildman–Crippen LogP) is 1.56. The van der Waals surface area contributed by atoms with Crippen molar-refractivity contribution in [3.8, 4) is 6.07 Å². The molecule has 0 radical (unpaired) electrons. The van der Waals surface area contributed by atoms with Crippen molar-refractivity contribution in [2.24, 2.45) is 5.92 Å². The molecule has 1 aliphatic carbocycles. The predicted molar refractivity (Wildman–Crippen MR) is 67.7 cm³/mol. The molecule has 4 N–H and O–H groups in total. The fourth-order valence-corrected chi connectivity index (χ4v) is 2.79. The van der Waals surface area contributed by atoms with Crippen LogP contribution in [0.1, 0.15) is 31.2 Å². The molecule has 0 saturated heterocycles. The van der Waals surface area contributed by atoms with Crippen molar-refractivity contribution >= 4 is 22.4 Å². The Morgan fingerprint density at radius 2 is 2.18 bits per heavy atom. The molecule has 0 unspecified atom stereocenters. The van der Waals surface area contributed by atoms with Crippen molar-refractivity contribution in [3.05, 3.63) is 5.56 Å². The number of rotatable bonds is 3. The van der Waals surface area contributed by atoms with E-state index in [9.17, 15) is 5.11 Å². The lowest BCUT2D eigenvalue weighted by molar-refractivity contribution is 0.111. The van der Waals surface area contributed by atoms with E-state index < -0.39 is 0 Å². The molecule has 0 amide bonds. The van der Waals surface area contributed by atoms with Crippen LogP contribution in [0.4, 0.5) is 10.8 Å². The number of nitrogens with zero attached hydrogens (tertiary/aromatic N) is 2. The van der Waals surface area contributed by atoms with Gasteiger partial charge < -0.3 is 16.2 Å². The van der Waals surface area contributed by atoms with Crippen molar-refractivity contribution in [2.75, 3.05) is 17.6 Å². The van der Waals surface area contributed by atoms with Gasteiger partial charge in [0.25, 0.3) is 0 Å². The number of hydrogen-bond acceptors (Lipinski definition) is 6. The molecule has 5 nitrogen and oxygen atoms in total. The Labute approximate surface area is 104 Å². The van der Waals surface area contributed by atoms with Gasteiger partial charge in [0.15, 0.2) is 5.82 Å². The van der Waals surface area contributed by atoms with Crippen LogP contribution in [0.15, 0.2) is 0 Å². The summed E-state index contributed by atoms with van der Waals surface area (Å²) < 4.78 is 3.96. The zero-order chi connectivity index (χ0) is 12.3. The topological polar surface area (TPSA) is 95.0 Å². The van der Waals surface area contributed by atoms with Gasteiger partial charge in [-0.25, -0.2) is 0 Å². The molecule has 0 atom stereocenters. The Bertz CT molecular complexity index is 418. The number of hydrogen-bond donors (Lipinski definition) is 3. The molecule has 1 aliphatic rings. The van der Waals surface area contributed by atoms with Crippen LogP contribution in [0.2, 0.25) is 0 Å². The molecule has 0 aromatic carbocycles. The maximum Gasteiger partial charge on any atom is 0.157 e. The standard InChI is InChI=1S/C11H16N4OS/c12-5-9-10(13)15-17-11(9)14-6-7-1-3-8(16)4-2-7/h7-8,14,16H,1-4,6H2,(H2,13,15). The van der Waals surface area contributed by atoms with E-state index in [2.05, 4.69) is 15.8 Å². The molecular formula is C11H16N4OS. The minimum Gasteiger partial charge on any atom is -0.393 e. The smallest absolute Gasteiger partial charge is 0.157 e. The van der Waals surface area contributed by atoms with Gasteiger partial charge in [-0.15, -0.1) is 0 Å². The van der Waals surface area contributed by atoms with E-state index in [0.717, 1.165) is 37.2 Å². The van der Waals surface area contributed by atoms with Crippen LogP contribution in [-0.2, 0) is 0 Å². The quantitative estimate of drug-likeness (QED) is 0.758. The van der Waals surface area contributed by atoms with Gasteiger partial charge in [0.05, 0.1) is 6.10 Å². The highest BCUT2D eigenvalue weighted by Gasteiger charge is 2.20. The number of anilines is 2. The minimum absolute atomic E-state index is 0.125. The fourth-order valence-electron chi connectivity index (χ4n) is 2.12. The first-order valence-electron chi connectivity index (χ1n) is 5.78. The number of aromatic nitrogens is 1. The van der Waals surface area contributed by atoms with Crippen molar-refractivity contribution in [1.82, 2.24) is 4.37 Å². The number of nitrogens with one attached hydrogen (secondary N) is 1. The molecule has 1 heterocycles. The maximum atomic E-state index is 9.41. The van der Waals surface area contributed by atoms with Crippen LogP contribution in [0, 0.1) is 17.2 Å². The average Bonchev–Trinajstić information content (AvgIpc) is 2.69. The van der Waals surface area contributed by atoms with E-state index in [1.807, 2.05) is 0 Å². The molecule has 6 heteroatoms. The molecule has 1 aromatic heterocycles. The van der Waals surface area contributed by atoms with Crippen molar-refractivity contribution in [3.63, 3.8) is 0 Å². The summed E-state index contributed by atoms with van der Waals surface area (Å²) in [7, 11) is 0. The lowest BCUT2D eigenvalue weighted by Crippen LogP contribution is -2.23. The molecule has 1 saturated carbocycles. The monoisotopic (exact) mass is 252 g/mol. The third-order valence-electron chi connectivity index (χ3n) is 3.20. The number of aliphatic hydroxyl groups is 1. The van der Waals surface area contributed by atoms with E-state index in [1.165, 1.54) is 11.5 Å². The van der Waals surface area contributed by atoms with Crippen LogP contribution >= 0.6 is 11.5 Å². The van der Waals surface area contributed by atoms with Crippen molar-refractivity contribution < 1.29 is 5.11 Å². The lowest BCUT2D eigenvalue weighted by atomic mass is 9.87. The van der Waals surface area contributed by atoms with Crippen LogP contribution in [0.5, 0.6) is 0 Å². The average molecular weight is 252 g/mol. The second-order valence-corrected chi connectivity index (χ2v) is 5.21. The first kappa shape index (κ1) is 12.1. The number of nitrogens with two attached hydrogens (primary N) is 1. The second kappa shape index (κ2) is 5.34. The Balaban J connectivity index is 1.88. The van der Waals surface area contributed by atoms with E-state index >= 15 is 0 Å². The molecule has 0 aliphatic heterocycles. The molecule has 0 spiro atoms. The summed E-state index contributed by atoms with van der Waals surface area (Å²) in [6.45, 7) is 0.822. The second-order valence-electron chi connectivity index (χ2n) is 4.44. The summed E-state index contributed by atoms with van der Waals surface area (Å²) in [5.41, 5.74) is 6.03. The van der Waals surface area contributed by atoms with Crippen LogP contribution in [0.3, 0.4) is 0 Å². The first-order valence-corrected chi connectivity index (χ1v) is 6.55. The zero-order valence-electron chi connectivity index (χ0n) is 9.52. The summed E-state index contributed by atoms with van der Waals surface area (Å²) >= 11 is 1.23. The van der Waals surface area contributed by atoms with Gasteiger partial charge in [0, 0.05) is 6.54 Å². The molecular weight excluding hydrogens is 236 g/mol. The van der Waals surface area contributed by atoms with Gasteiger partial charge in [0.2, 0.25) is 0 Å². The zero-order valence-corrected chi connectivity index (χ0v) is 10.3. The molecule has 17 heavy (non-hydrogen) atoms. The third kappa shape index (κ3) is 2.87. The molecule has 0 bridgehead atoms. The Morgan fingerprint density at radius 3 is 2.82 bits per heavy atom. The minimum atomic E-state index is -0.125. The number of nitrogen functional groups attached to an aromatic ring is 1. The van der Waals surface area contributed by atoms with Crippen LogP contribution < -0.4 is 11.1 Å². The summed E-state index contributed by atoms with van der Waals surface area (Å²) in [5, 5.41) is 22.3. The number of nitriles is 1. The summed E-state index contributed by atoms with van der Waals surface area (Å²) in [6, 6.07) is 2.06. The van der Waals surface area contributed by atoms with Crippen molar-refractivity contribution in [1.29, 1.82) is 5.26 Å². The van der Waals surface area contributed by atoms with E-state index in [-0.39, 0.29) is 6.10 Å². The molecule has 92 valence electrons. The Kier molecular flexibility index (Phi) is 3.82. The highest BCUT2D eigenvalue weighted by atomic mass is 32.1. The molecule has 1 fully saturated rings. The first-order chi connectivity index (χ1) is 8.20. The van der Waals surface area contributed by atoms with E-state index in [0.29, 0.717) is 17.3 Å². The van der Waals surface area contributed by atoms with Crippen LogP contribution in [-0.4, -0.2) is 22.1 Å². The number of aliphatic hydroxyl groups excluding tert-OH is 1. The normalized spacial score (nSPS) is 24.2. The van der Waals surface area contributed by atoms with Gasteiger partial charge in [-0.1, -0.05) is 0 Å². The van der Waals surface area contributed by atoms with E-state index in [4.69, 9.17) is 11.0 Å². The summed E-state index contributed by atoms with van der Waals surface area (Å²) in [6.07, 6.45) is 3.69. The lowest BCUT2D eigenvalue weighted by Gasteiger charge is -2.25. The van der Waals surface area contributed by atoms with E-state index in [1.54, 1.807) is 0 Å². The van der Waals surface area contributed by atoms with Gasteiger partial charge in [-0.2, -0.15) is 9.64 Å². The molecule has 2 rings (SSSR count). The largest absolute Gasteiger partial charge is 0.393 e. The van der Waals surface area contributed by atoms with Gasteiger partial charge in [-0.05, 0) is 43.1 Å². The SMILES string of the molecule is N#Cc1c(N)nsc1NCC1CCC(O)CC1. The highest BCUT2D eigenvalue weighted by Crippen LogP contribution is 2.28. The van der Waals surface area contributed by atoms with Crippen LogP contribution in [0.25, 0.3) is 0 Å². The Hall–Kier alpha value is -1.32. The Morgan fingerprint density at radius 1 is 1.47 bits per heavy atom. The molecule has 1 aromatic rings. The summed E-state index contributed by atoms with van der Waals surface area (Å²) in [4.78, 5) is 0. The maximum absolute atomic E-state index is 9.41.